The van der Waals surface area contributed by atoms with Crippen LogP contribution < -0.4 is 5.32 Å². The van der Waals surface area contributed by atoms with E-state index in [1.54, 1.807) is 0 Å². The maximum Gasteiger partial charge on any atom is 0.0802 e. The summed E-state index contributed by atoms with van der Waals surface area (Å²) in [5.74, 6) is 0.512. The van der Waals surface area contributed by atoms with Gasteiger partial charge in [0, 0.05) is 6.04 Å². The third-order valence-corrected chi connectivity index (χ3v) is 3.03. The second-order valence-electron chi connectivity index (χ2n) is 4.32. The normalized spacial score (nSPS) is 24.8. The van der Waals surface area contributed by atoms with E-state index in [4.69, 9.17) is 0 Å². The molecule has 1 rings (SSSR count). The van der Waals surface area contributed by atoms with Gasteiger partial charge in [-0.15, -0.1) is 0 Å². The standard InChI is InChI=1S/C10H21NO/c1-8(2)9(11-3)10(12)6-4-5-7-10/h8-9,11-12H,4-7H2,1-3H3. The van der Waals surface area contributed by atoms with Gasteiger partial charge in [0.05, 0.1) is 5.60 Å². The molecule has 0 heterocycles. The highest BCUT2D eigenvalue weighted by atomic mass is 16.3. The smallest absolute Gasteiger partial charge is 0.0802 e. The quantitative estimate of drug-likeness (QED) is 0.675. The molecule has 0 aliphatic heterocycles. The van der Waals surface area contributed by atoms with Crippen LogP contribution >= 0.6 is 0 Å². The first-order valence-electron chi connectivity index (χ1n) is 5.00. The van der Waals surface area contributed by atoms with Crippen LogP contribution in [0.1, 0.15) is 39.5 Å². The summed E-state index contributed by atoms with van der Waals surface area (Å²) in [5.41, 5.74) is -0.428. The highest BCUT2D eigenvalue weighted by Crippen LogP contribution is 2.34. The molecule has 2 N–H and O–H groups in total. The van der Waals surface area contributed by atoms with Crippen molar-refractivity contribution in [1.29, 1.82) is 0 Å². The Hall–Kier alpha value is -0.0800. The first kappa shape index (κ1) is 10.0. The molecule has 0 amide bonds. The fourth-order valence-corrected chi connectivity index (χ4v) is 2.52. The molecule has 1 atom stereocenters. The van der Waals surface area contributed by atoms with Gasteiger partial charge in [0.2, 0.25) is 0 Å². The van der Waals surface area contributed by atoms with Gasteiger partial charge in [-0.1, -0.05) is 26.7 Å². The van der Waals surface area contributed by atoms with E-state index in [9.17, 15) is 5.11 Å². The first-order chi connectivity index (χ1) is 5.60. The molecule has 2 heteroatoms. The molecule has 1 fully saturated rings. The Bertz CT molecular complexity index is 139. The van der Waals surface area contributed by atoms with Gasteiger partial charge < -0.3 is 10.4 Å². The molecule has 2 nitrogen and oxygen atoms in total. The Morgan fingerprint density at radius 3 is 2.08 bits per heavy atom. The second-order valence-corrected chi connectivity index (χ2v) is 4.32. The van der Waals surface area contributed by atoms with Crippen LogP contribution in [0, 0.1) is 5.92 Å². The highest BCUT2D eigenvalue weighted by molar-refractivity contribution is 4.95. The summed E-state index contributed by atoms with van der Waals surface area (Å²) in [6, 6.07) is 0.264. The lowest BCUT2D eigenvalue weighted by atomic mass is 9.85. The van der Waals surface area contributed by atoms with E-state index in [-0.39, 0.29) is 6.04 Å². The van der Waals surface area contributed by atoms with E-state index >= 15 is 0 Å². The van der Waals surface area contributed by atoms with Crippen LogP contribution in [0.4, 0.5) is 0 Å². The Morgan fingerprint density at radius 2 is 1.75 bits per heavy atom. The average Bonchev–Trinajstić information content (AvgIpc) is 2.37. The van der Waals surface area contributed by atoms with Gasteiger partial charge in [0.15, 0.2) is 0 Å². The zero-order valence-corrected chi connectivity index (χ0v) is 8.43. The van der Waals surface area contributed by atoms with Crippen molar-refractivity contribution in [3.05, 3.63) is 0 Å². The highest BCUT2D eigenvalue weighted by Gasteiger charge is 2.39. The van der Waals surface area contributed by atoms with Gasteiger partial charge in [0.25, 0.3) is 0 Å². The molecule has 0 spiro atoms. The van der Waals surface area contributed by atoms with Crippen LogP contribution in [-0.2, 0) is 0 Å². The van der Waals surface area contributed by atoms with E-state index in [0.29, 0.717) is 5.92 Å². The summed E-state index contributed by atoms with van der Waals surface area (Å²) >= 11 is 0. The molecule has 72 valence electrons. The van der Waals surface area contributed by atoms with Crippen molar-refractivity contribution in [3.63, 3.8) is 0 Å². The monoisotopic (exact) mass is 171 g/mol. The summed E-state index contributed by atoms with van der Waals surface area (Å²) in [5, 5.41) is 13.5. The molecule has 0 aromatic rings. The number of aliphatic hydroxyl groups is 1. The van der Waals surface area contributed by atoms with Crippen molar-refractivity contribution in [2.45, 2.75) is 51.2 Å². The fourth-order valence-electron chi connectivity index (χ4n) is 2.52. The molecule has 0 aromatic heterocycles. The van der Waals surface area contributed by atoms with Gasteiger partial charge in [-0.25, -0.2) is 0 Å². The third kappa shape index (κ3) is 1.80. The van der Waals surface area contributed by atoms with E-state index in [1.807, 2.05) is 7.05 Å². The summed E-state index contributed by atoms with van der Waals surface area (Å²) in [4.78, 5) is 0. The molecule has 0 bridgehead atoms. The molecule has 1 saturated carbocycles. The second kappa shape index (κ2) is 3.75. The lowest BCUT2D eigenvalue weighted by molar-refractivity contribution is -0.00507. The van der Waals surface area contributed by atoms with Gasteiger partial charge in [-0.3, -0.25) is 0 Å². The zero-order valence-electron chi connectivity index (χ0n) is 8.43. The lowest BCUT2D eigenvalue weighted by Gasteiger charge is -2.35. The first-order valence-corrected chi connectivity index (χ1v) is 5.00. The van der Waals surface area contributed by atoms with Crippen LogP contribution in [0.5, 0.6) is 0 Å². The van der Waals surface area contributed by atoms with E-state index in [0.717, 1.165) is 12.8 Å². The predicted octanol–water partition coefficient (Wildman–Crippen LogP) is 1.54. The Kier molecular flexibility index (Phi) is 3.13. The maximum absolute atomic E-state index is 10.3. The van der Waals surface area contributed by atoms with Gasteiger partial charge in [-0.2, -0.15) is 0 Å². The summed E-state index contributed by atoms with van der Waals surface area (Å²) in [6.45, 7) is 4.33. The molecule has 0 radical (unpaired) electrons. The summed E-state index contributed by atoms with van der Waals surface area (Å²) in [7, 11) is 1.95. The molecule has 1 aliphatic carbocycles. The summed E-state index contributed by atoms with van der Waals surface area (Å²) < 4.78 is 0. The van der Waals surface area contributed by atoms with Crippen molar-refractivity contribution < 1.29 is 5.11 Å². The minimum atomic E-state index is -0.428. The minimum absolute atomic E-state index is 0.264. The van der Waals surface area contributed by atoms with Crippen molar-refractivity contribution in [1.82, 2.24) is 5.32 Å². The summed E-state index contributed by atoms with van der Waals surface area (Å²) in [6.07, 6.45) is 4.30. The van der Waals surface area contributed by atoms with Crippen LogP contribution in [0.15, 0.2) is 0 Å². The van der Waals surface area contributed by atoms with Gasteiger partial charge >= 0.3 is 0 Å². The molecular weight excluding hydrogens is 150 g/mol. The Morgan fingerprint density at radius 1 is 1.25 bits per heavy atom. The average molecular weight is 171 g/mol. The lowest BCUT2D eigenvalue weighted by Crippen LogP contribution is -2.50. The van der Waals surface area contributed by atoms with Crippen molar-refractivity contribution in [2.75, 3.05) is 7.05 Å². The van der Waals surface area contributed by atoms with E-state index < -0.39 is 5.60 Å². The molecular formula is C10H21NO. The molecule has 12 heavy (non-hydrogen) atoms. The predicted molar refractivity (Wildman–Crippen MR) is 51.1 cm³/mol. The van der Waals surface area contributed by atoms with Crippen molar-refractivity contribution in [2.24, 2.45) is 5.92 Å². The number of hydrogen-bond acceptors (Lipinski definition) is 2. The van der Waals surface area contributed by atoms with Crippen LogP contribution in [0.3, 0.4) is 0 Å². The zero-order chi connectivity index (χ0) is 9.19. The Labute approximate surface area is 75.4 Å². The largest absolute Gasteiger partial charge is 0.388 e. The van der Waals surface area contributed by atoms with Gasteiger partial charge in [-0.05, 0) is 25.8 Å². The van der Waals surface area contributed by atoms with Crippen LogP contribution in [0.2, 0.25) is 0 Å². The van der Waals surface area contributed by atoms with Crippen molar-refractivity contribution in [3.8, 4) is 0 Å². The fraction of sp³-hybridized carbons (Fsp3) is 1.00. The minimum Gasteiger partial charge on any atom is -0.388 e. The number of likely N-dealkylation sites (N-methyl/N-ethyl adjacent to an activating group) is 1. The van der Waals surface area contributed by atoms with Crippen molar-refractivity contribution >= 4 is 0 Å². The Balaban J connectivity index is 2.62. The molecule has 1 unspecified atom stereocenters. The van der Waals surface area contributed by atoms with Crippen LogP contribution in [0.25, 0.3) is 0 Å². The van der Waals surface area contributed by atoms with Gasteiger partial charge in [0.1, 0.15) is 0 Å². The molecule has 1 aliphatic rings. The number of rotatable bonds is 3. The van der Waals surface area contributed by atoms with E-state index in [2.05, 4.69) is 19.2 Å². The maximum atomic E-state index is 10.3. The SMILES string of the molecule is CNC(C(C)C)C1(O)CCCC1. The van der Waals surface area contributed by atoms with E-state index in [1.165, 1.54) is 12.8 Å². The van der Waals surface area contributed by atoms with Crippen LogP contribution in [-0.4, -0.2) is 23.8 Å². The number of hydrogen-bond donors (Lipinski definition) is 2. The number of nitrogens with one attached hydrogen (secondary N) is 1. The topological polar surface area (TPSA) is 32.3 Å². The molecule has 0 aromatic carbocycles. The molecule has 0 saturated heterocycles. The third-order valence-electron chi connectivity index (χ3n) is 3.03.